The average Bonchev–Trinajstić information content (AvgIpc) is 3.45. The minimum Gasteiger partial charge on any atom is -0.475 e. The molecule has 0 unspecified atom stereocenters. The molecule has 36 heavy (non-hydrogen) atoms. The number of thiazole rings is 1. The summed E-state index contributed by atoms with van der Waals surface area (Å²) >= 11 is 1.81. The number of piperidine rings is 1. The molecule has 4 heterocycles. The number of fused-ring (bicyclic) bond motifs is 1. The Morgan fingerprint density at radius 2 is 1.61 bits per heavy atom. The second-order valence-corrected chi connectivity index (χ2v) is 9.65. The lowest BCUT2D eigenvalue weighted by Gasteiger charge is -2.48. The zero-order valence-corrected chi connectivity index (χ0v) is 20.3. The number of carbonyl (C=O) groups is 2. The van der Waals surface area contributed by atoms with Crippen LogP contribution in [0.15, 0.2) is 5.51 Å². The Hall–Kier alpha value is -1.97. The van der Waals surface area contributed by atoms with E-state index in [0.29, 0.717) is 12.1 Å². The molecule has 3 atom stereocenters. The van der Waals surface area contributed by atoms with Crippen molar-refractivity contribution in [1.82, 2.24) is 14.8 Å². The molecule has 3 aliphatic heterocycles. The van der Waals surface area contributed by atoms with E-state index in [-0.39, 0.29) is 0 Å². The Balaban J connectivity index is 0.000000271. The lowest BCUT2D eigenvalue weighted by molar-refractivity contribution is -0.193. The van der Waals surface area contributed by atoms with Crippen molar-refractivity contribution in [3.05, 3.63) is 16.1 Å². The molecule has 3 aliphatic rings. The van der Waals surface area contributed by atoms with Gasteiger partial charge in [0, 0.05) is 37.2 Å². The Morgan fingerprint density at radius 3 is 2.08 bits per heavy atom. The van der Waals surface area contributed by atoms with Crippen LogP contribution in [0.25, 0.3) is 0 Å². The summed E-state index contributed by atoms with van der Waals surface area (Å²) in [6.45, 7) is 9.09. The van der Waals surface area contributed by atoms with E-state index in [0.717, 1.165) is 19.1 Å². The number of aliphatic carboxylic acids is 2. The normalized spacial score (nSPS) is 25.1. The van der Waals surface area contributed by atoms with Gasteiger partial charge in [0.1, 0.15) is 0 Å². The van der Waals surface area contributed by atoms with E-state index in [1.807, 2.05) is 16.8 Å². The monoisotopic (exact) mass is 549 g/mol. The first-order valence-electron chi connectivity index (χ1n) is 11.3. The predicted octanol–water partition coefficient (Wildman–Crippen LogP) is 3.79. The highest BCUT2D eigenvalue weighted by atomic mass is 32.1. The summed E-state index contributed by atoms with van der Waals surface area (Å²) in [6, 6.07) is 0.606. The van der Waals surface area contributed by atoms with Crippen molar-refractivity contribution < 1.29 is 50.9 Å². The second-order valence-electron chi connectivity index (χ2n) is 8.71. The number of carboxylic acids is 2. The lowest BCUT2D eigenvalue weighted by atomic mass is 9.84. The minimum absolute atomic E-state index is 0.477. The van der Waals surface area contributed by atoms with E-state index in [1.54, 1.807) is 0 Å². The molecule has 0 bridgehead atoms. The van der Waals surface area contributed by atoms with Gasteiger partial charge in [-0.15, -0.1) is 11.3 Å². The zero-order chi connectivity index (χ0) is 27.1. The van der Waals surface area contributed by atoms with E-state index in [9.17, 15) is 26.3 Å². The van der Waals surface area contributed by atoms with Crippen LogP contribution < -0.4 is 0 Å². The molecule has 0 amide bonds. The van der Waals surface area contributed by atoms with E-state index in [4.69, 9.17) is 24.5 Å². The molecule has 0 saturated carbocycles. The summed E-state index contributed by atoms with van der Waals surface area (Å²) in [5.74, 6) is -4.79. The van der Waals surface area contributed by atoms with Crippen LogP contribution in [-0.4, -0.2) is 94.2 Å². The number of carboxylic acid groups (broad SMARTS) is 2. The van der Waals surface area contributed by atoms with Crippen molar-refractivity contribution in [3.8, 4) is 0 Å². The first kappa shape index (κ1) is 30.3. The van der Waals surface area contributed by atoms with Crippen LogP contribution in [0.3, 0.4) is 0 Å². The average molecular weight is 550 g/mol. The van der Waals surface area contributed by atoms with Crippen molar-refractivity contribution in [1.29, 1.82) is 0 Å². The van der Waals surface area contributed by atoms with Crippen molar-refractivity contribution in [2.45, 2.75) is 63.7 Å². The number of aromatic nitrogens is 1. The maximum atomic E-state index is 10.6. The van der Waals surface area contributed by atoms with E-state index in [1.165, 1.54) is 62.4 Å². The molecule has 0 aliphatic carbocycles. The molecule has 4 rings (SSSR count). The molecule has 0 radical (unpaired) electrons. The van der Waals surface area contributed by atoms with Gasteiger partial charge >= 0.3 is 24.3 Å². The number of alkyl halides is 6. The SMILES string of the molecule is Cc1ncsc1CN1C[C@@H]2CCCO[C@@H]2[C@H](N2CCCC2)C1.O=C(O)C(F)(F)F.O=C(O)C(F)(F)F. The minimum atomic E-state index is -5.08. The molecule has 2 N–H and O–H groups in total. The zero-order valence-electron chi connectivity index (χ0n) is 19.5. The lowest BCUT2D eigenvalue weighted by Crippen LogP contribution is -2.60. The quantitative estimate of drug-likeness (QED) is 0.549. The van der Waals surface area contributed by atoms with Gasteiger partial charge in [0.05, 0.1) is 17.3 Å². The summed E-state index contributed by atoms with van der Waals surface area (Å²) in [7, 11) is 0. The summed E-state index contributed by atoms with van der Waals surface area (Å²) in [5, 5.41) is 14.2. The third-order valence-electron chi connectivity index (χ3n) is 6.12. The molecular weight excluding hydrogens is 520 g/mol. The van der Waals surface area contributed by atoms with Crippen molar-refractivity contribution in [2.24, 2.45) is 5.92 Å². The number of hydrogen-bond donors (Lipinski definition) is 2. The molecule has 0 spiro atoms. The van der Waals surface area contributed by atoms with Crippen LogP contribution in [0, 0.1) is 12.8 Å². The largest absolute Gasteiger partial charge is 0.490 e. The van der Waals surface area contributed by atoms with Crippen LogP contribution in [0.5, 0.6) is 0 Å². The number of aryl methyl sites for hydroxylation is 1. The Labute approximate surface area is 207 Å². The summed E-state index contributed by atoms with van der Waals surface area (Å²) in [5.41, 5.74) is 3.20. The fourth-order valence-corrected chi connectivity index (χ4v) is 5.29. The molecular formula is C21H29F6N3O5S. The molecule has 3 fully saturated rings. The number of rotatable bonds is 3. The standard InChI is InChI=1S/C17H27N3OS.2C2HF3O2/c1-13-16(22-12-18-13)11-19-9-14-5-4-8-21-17(14)15(10-19)20-6-2-3-7-20;2*3-2(4,5)1(6)7/h12,14-15,17H,2-11H2,1H3;2*(H,6,7)/t14-,15+,17-;;/m0../s1. The van der Waals surface area contributed by atoms with Crippen LogP contribution in [0.4, 0.5) is 26.3 Å². The van der Waals surface area contributed by atoms with Crippen molar-refractivity contribution in [2.75, 3.05) is 32.8 Å². The smallest absolute Gasteiger partial charge is 0.475 e. The van der Waals surface area contributed by atoms with Crippen LogP contribution >= 0.6 is 11.3 Å². The van der Waals surface area contributed by atoms with Gasteiger partial charge in [-0.1, -0.05) is 0 Å². The summed E-state index contributed by atoms with van der Waals surface area (Å²) in [6.07, 6.45) is -4.39. The van der Waals surface area contributed by atoms with Gasteiger partial charge in [0.2, 0.25) is 0 Å². The van der Waals surface area contributed by atoms with Gasteiger partial charge in [-0.05, 0) is 51.6 Å². The van der Waals surface area contributed by atoms with E-state index < -0.39 is 24.3 Å². The maximum absolute atomic E-state index is 10.6. The fraction of sp³-hybridized carbons (Fsp3) is 0.762. The Bertz CT molecular complexity index is 836. The predicted molar refractivity (Wildman–Crippen MR) is 117 cm³/mol. The van der Waals surface area contributed by atoms with Gasteiger partial charge in [0.15, 0.2) is 0 Å². The number of ether oxygens (including phenoxy) is 1. The number of hydrogen-bond acceptors (Lipinski definition) is 7. The molecule has 0 aromatic carbocycles. The number of halogens is 6. The first-order valence-corrected chi connectivity index (χ1v) is 12.1. The van der Waals surface area contributed by atoms with Crippen molar-refractivity contribution in [3.63, 3.8) is 0 Å². The molecule has 1 aromatic heterocycles. The maximum Gasteiger partial charge on any atom is 0.490 e. The van der Waals surface area contributed by atoms with Crippen LogP contribution in [0.1, 0.15) is 36.3 Å². The second kappa shape index (κ2) is 13.0. The topological polar surface area (TPSA) is 103 Å². The van der Waals surface area contributed by atoms with Gasteiger partial charge in [-0.25, -0.2) is 14.6 Å². The highest BCUT2D eigenvalue weighted by Crippen LogP contribution is 2.33. The number of likely N-dealkylation sites (tertiary alicyclic amines) is 2. The highest BCUT2D eigenvalue weighted by Gasteiger charge is 2.42. The molecule has 206 valence electrons. The third-order valence-corrected chi connectivity index (χ3v) is 7.04. The van der Waals surface area contributed by atoms with E-state index in [2.05, 4.69) is 21.7 Å². The van der Waals surface area contributed by atoms with Crippen LogP contribution in [-0.2, 0) is 20.9 Å². The first-order chi connectivity index (χ1) is 16.7. The number of nitrogens with zero attached hydrogens (tertiary/aromatic N) is 3. The molecule has 8 nitrogen and oxygen atoms in total. The van der Waals surface area contributed by atoms with Gasteiger partial charge < -0.3 is 14.9 Å². The summed E-state index contributed by atoms with van der Waals surface area (Å²) in [4.78, 5) is 29.0. The Morgan fingerprint density at radius 1 is 1.06 bits per heavy atom. The van der Waals surface area contributed by atoms with Gasteiger partial charge in [-0.2, -0.15) is 26.3 Å². The third kappa shape index (κ3) is 9.16. The van der Waals surface area contributed by atoms with E-state index >= 15 is 0 Å². The molecule has 1 aromatic rings. The van der Waals surface area contributed by atoms with Gasteiger partial charge in [-0.3, -0.25) is 9.80 Å². The molecule has 15 heteroatoms. The summed E-state index contributed by atoms with van der Waals surface area (Å²) < 4.78 is 69.7. The van der Waals surface area contributed by atoms with Crippen molar-refractivity contribution >= 4 is 23.3 Å². The molecule has 3 saturated heterocycles. The highest BCUT2D eigenvalue weighted by molar-refractivity contribution is 7.09. The fourth-order valence-electron chi connectivity index (χ4n) is 4.47. The van der Waals surface area contributed by atoms with Gasteiger partial charge in [0.25, 0.3) is 0 Å². The van der Waals surface area contributed by atoms with Crippen LogP contribution in [0.2, 0.25) is 0 Å². The Kier molecular flexibility index (Phi) is 10.9.